The standard InChI is InChI=1S/C24H26F2N2O4/c25-18-8-9-21(22(26)13-18)24(30)27-10-12-32-20(15-27)16-28(14-19-7-4-11-31-19)23(29)17-5-2-1-3-6-17/h1-3,5-6,8-9,13,19-20H,4,7,10-12,14-16H2. The first-order chi connectivity index (χ1) is 15.5. The van der Waals surface area contributed by atoms with Gasteiger partial charge in [-0.1, -0.05) is 18.2 Å². The molecule has 170 valence electrons. The first kappa shape index (κ1) is 22.4. The minimum absolute atomic E-state index is 0.0303. The van der Waals surface area contributed by atoms with Crippen molar-refractivity contribution in [1.82, 2.24) is 9.80 Å². The number of hydrogen-bond donors (Lipinski definition) is 0. The first-order valence-electron chi connectivity index (χ1n) is 10.8. The van der Waals surface area contributed by atoms with Crippen LogP contribution in [0.5, 0.6) is 0 Å². The van der Waals surface area contributed by atoms with E-state index in [9.17, 15) is 18.4 Å². The van der Waals surface area contributed by atoms with E-state index >= 15 is 0 Å². The summed E-state index contributed by atoms with van der Waals surface area (Å²) in [6.45, 7) is 2.18. The van der Waals surface area contributed by atoms with Crippen molar-refractivity contribution in [3.05, 3.63) is 71.3 Å². The number of rotatable bonds is 6. The molecule has 2 aromatic carbocycles. The molecule has 0 aliphatic carbocycles. The van der Waals surface area contributed by atoms with Gasteiger partial charge in [-0.25, -0.2) is 8.78 Å². The number of amides is 2. The average molecular weight is 444 g/mol. The van der Waals surface area contributed by atoms with Gasteiger partial charge in [-0.2, -0.15) is 0 Å². The molecule has 2 atom stereocenters. The third kappa shape index (κ3) is 5.31. The maximum absolute atomic E-state index is 14.1. The van der Waals surface area contributed by atoms with Crippen LogP contribution in [0.3, 0.4) is 0 Å². The SMILES string of the molecule is O=C(c1ccccc1)N(CC1CCCO1)CC1CN(C(=O)c2ccc(F)cc2F)CCO1. The quantitative estimate of drug-likeness (QED) is 0.687. The number of carbonyl (C=O) groups is 2. The Hall–Kier alpha value is -2.84. The van der Waals surface area contributed by atoms with Gasteiger partial charge in [0.15, 0.2) is 0 Å². The monoisotopic (exact) mass is 444 g/mol. The molecule has 2 aromatic rings. The van der Waals surface area contributed by atoms with Crippen LogP contribution in [0.15, 0.2) is 48.5 Å². The molecule has 2 saturated heterocycles. The molecule has 0 saturated carbocycles. The summed E-state index contributed by atoms with van der Waals surface area (Å²) in [6.07, 6.45) is 1.39. The molecular weight excluding hydrogens is 418 g/mol. The maximum Gasteiger partial charge on any atom is 0.257 e. The second kappa shape index (κ2) is 10.2. The van der Waals surface area contributed by atoms with E-state index in [1.54, 1.807) is 17.0 Å². The predicted molar refractivity (Wildman–Crippen MR) is 113 cm³/mol. The Balaban J connectivity index is 1.46. The molecule has 4 rings (SSSR count). The topological polar surface area (TPSA) is 59.1 Å². The van der Waals surface area contributed by atoms with E-state index in [-0.39, 0.29) is 37.3 Å². The molecule has 0 bridgehead atoms. The highest BCUT2D eigenvalue weighted by atomic mass is 19.1. The summed E-state index contributed by atoms with van der Waals surface area (Å²) in [7, 11) is 0. The summed E-state index contributed by atoms with van der Waals surface area (Å²) in [5, 5.41) is 0. The highest BCUT2D eigenvalue weighted by Gasteiger charge is 2.31. The molecule has 0 radical (unpaired) electrons. The summed E-state index contributed by atoms with van der Waals surface area (Å²) < 4.78 is 38.9. The second-order valence-electron chi connectivity index (χ2n) is 8.08. The number of nitrogens with zero attached hydrogens (tertiary/aromatic N) is 2. The fraction of sp³-hybridized carbons (Fsp3) is 0.417. The molecule has 6 nitrogen and oxygen atoms in total. The van der Waals surface area contributed by atoms with Crippen LogP contribution in [0, 0.1) is 11.6 Å². The highest BCUT2D eigenvalue weighted by Crippen LogP contribution is 2.19. The number of hydrogen-bond acceptors (Lipinski definition) is 4. The number of halogens is 2. The van der Waals surface area contributed by atoms with Crippen LogP contribution in [0.1, 0.15) is 33.6 Å². The average Bonchev–Trinajstić information content (AvgIpc) is 3.32. The van der Waals surface area contributed by atoms with E-state index in [1.165, 1.54) is 4.90 Å². The lowest BCUT2D eigenvalue weighted by Crippen LogP contribution is -2.51. The van der Waals surface area contributed by atoms with Crippen LogP contribution in [-0.4, -0.2) is 73.2 Å². The Morgan fingerprint density at radius 2 is 1.75 bits per heavy atom. The van der Waals surface area contributed by atoms with E-state index in [0.717, 1.165) is 25.0 Å². The summed E-state index contributed by atoms with van der Waals surface area (Å²) >= 11 is 0. The zero-order valence-electron chi connectivity index (χ0n) is 17.7. The van der Waals surface area contributed by atoms with Crippen LogP contribution >= 0.6 is 0 Å². The van der Waals surface area contributed by atoms with Crippen molar-refractivity contribution in [3.8, 4) is 0 Å². The van der Waals surface area contributed by atoms with Crippen LogP contribution in [0.4, 0.5) is 8.78 Å². The number of ether oxygens (including phenoxy) is 2. The summed E-state index contributed by atoms with van der Waals surface area (Å²) in [4.78, 5) is 29.2. The summed E-state index contributed by atoms with van der Waals surface area (Å²) in [5.41, 5.74) is 0.395. The Bertz CT molecular complexity index is 950. The van der Waals surface area contributed by atoms with E-state index in [4.69, 9.17) is 9.47 Å². The molecule has 2 heterocycles. The van der Waals surface area contributed by atoms with Gasteiger partial charge in [0.2, 0.25) is 0 Å². The lowest BCUT2D eigenvalue weighted by Gasteiger charge is -2.36. The first-order valence-corrected chi connectivity index (χ1v) is 10.8. The van der Waals surface area contributed by atoms with Gasteiger partial charge in [0.05, 0.1) is 24.4 Å². The van der Waals surface area contributed by atoms with Crippen LogP contribution < -0.4 is 0 Å². The molecule has 8 heteroatoms. The summed E-state index contributed by atoms with van der Waals surface area (Å²) in [6, 6.07) is 11.9. The Kier molecular flexibility index (Phi) is 7.12. The fourth-order valence-corrected chi connectivity index (χ4v) is 4.13. The van der Waals surface area contributed by atoms with Gasteiger partial charge in [-0.15, -0.1) is 0 Å². The lowest BCUT2D eigenvalue weighted by atomic mass is 10.1. The van der Waals surface area contributed by atoms with Gasteiger partial charge in [0, 0.05) is 44.4 Å². The number of carbonyl (C=O) groups excluding carboxylic acids is 2. The van der Waals surface area contributed by atoms with E-state index in [1.807, 2.05) is 18.2 Å². The Morgan fingerprint density at radius 3 is 2.47 bits per heavy atom. The zero-order valence-corrected chi connectivity index (χ0v) is 17.7. The van der Waals surface area contributed by atoms with Crippen LogP contribution in [0.25, 0.3) is 0 Å². The molecule has 2 aliphatic heterocycles. The molecule has 2 fully saturated rings. The largest absolute Gasteiger partial charge is 0.376 e. The molecule has 0 N–H and O–H groups in total. The smallest absolute Gasteiger partial charge is 0.257 e. The highest BCUT2D eigenvalue weighted by molar-refractivity contribution is 5.95. The third-order valence-corrected chi connectivity index (χ3v) is 5.77. The van der Waals surface area contributed by atoms with Gasteiger partial charge >= 0.3 is 0 Å². The second-order valence-corrected chi connectivity index (χ2v) is 8.08. The number of morpholine rings is 1. The number of benzene rings is 2. The molecule has 2 unspecified atom stereocenters. The van der Waals surface area contributed by atoms with Crippen molar-refractivity contribution in [2.45, 2.75) is 25.0 Å². The minimum atomic E-state index is -0.891. The molecule has 32 heavy (non-hydrogen) atoms. The van der Waals surface area contributed by atoms with Crippen LogP contribution in [-0.2, 0) is 9.47 Å². The van der Waals surface area contributed by atoms with Crippen molar-refractivity contribution >= 4 is 11.8 Å². The van der Waals surface area contributed by atoms with E-state index < -0.39 is 23.6 Å². The Labute approximate surface area is 185 Å². The zero-order chi connectivity index (χ0) is 22.5. The van der Waals surface area contributed by atoms with Gasteiger partial charge in [-0.3, -0.25) is 9.59 Å². The predicted octanol–water partition coefficient (Wildman–Crippen LogP) is 3.13. The van der Waals surface area contributed by atoms with Gasteiger partial charge in [0.25, 0.3) is 11.8 Å². The molecular formula is C24H26F2N2O4. The normalized spacial score (nSPS) is 20.9. The van der Waals surface area contributed by atoms with Gasteiger partial charge in [0.1, 0.15) is 11.6 Å². The molecule has 2 aliphatic rings. The fourth-order valence-electron chi connectivity index (χ4n) is 4.13. The van der Waals surface area contributed by atoms with Gasteiger partial charge < -0.3 is 19.3 Å². The molecule has 0 spiro atoms. The maximum atomic E-state index is 14.1. The van der Waals surface area contributed by atoms with Crippen molar-refractivity contribution in [1.29, 1.82) is 0 Å². The Morgan fingerprint density at radius 1 is 1.00 bits per heavy atom. The van der Waals surface area contributed by atoms with Crippen molar-refractivity contribution in [2.24, 2.45) is 0 Å². The third-order valence-electron chi connectivity index (χ3n) is 5.77. The van der Waals surface area contributed by atoms with Gasteiger partial charge in [-0.05, 0) is 37.1 Å². The van der Waals surface area contributed by atoms with E-state index in [0.29, 0.717) is 31.3 Å². The molecule has 0 aromatic heterocycles. The lowest BCUT2D eigenvalue weighted by molar-refractivity contribution is -0.0376. The summed E-state index contributed by atoms with van der Waals surface area (Å²) in [5.74, 6) is -2.27. The van der Waals surface area contributed by atoms with E-state index in [2.05, 4.69) is 0 Å². The molecule has 2 amide bonds. The van der Waals surface area contributed by atoms with Crippen LogP contribution in [0.2, 0.25) is 0 Å². The van der Waals surface area contributed by atoms with Crippen molar-refractivity contribution < 1.29 is 27.8 Å². The minimum Gasteiger partial charge on any atom is -0.376 e. The van der Waals surface area contributed by atoms with Crippen molar-refractivity contribution in [2.75, 3.05) is 39.4 Å². The van der Waals surface area contributed by atoms with Crippen molar-refractivity contribution in [3.63, 3.8) is 0 Å².